The van der Waals surface area contributed by atoms with Gasteiger partial charge in [-0.25, -0.2) is 8.78 Å². The molecule has 0 aromatic heterocycles. The lowest BCUT2D eigenvalue weighted by Gasteiger charge is -2.37. The number of para-hydroxylation sites is 2. The highest BCUT2D eigenvalue weighted by Crippen LogP contribution is 2.41. The number of hydrogen-bond acceptors (Lipinski definition) is 10. The van der Waals surface area contributed by atoms with Crippen LogP contribution in [-0.4, -0.2) is 93.7 Å². The molecule has 0 unspecified atom stereocenters. The molecule has 7 aromatic rings. The molecule has 0 radical (unpaired) electrons. The van der Waals surface area contributed by atoms with E-state index < -0.39 is 0 Å². The quantitative estimate of drug-likeness (QED) is 0.135. The smallest absolute Gasteiger partial charge is 0.184 e. The van der Waals surface area contributed by atoms with Crippen LogP contribution in [0.25, 0.3) is 22.3 Å². The number of aromatic hydroxyl groups is 1. The first-order valence-electron chi connectivity index (χ1n) is 23.8. The topological polar surface area (TPSA) is 79.3 Å². The summed E-state index contributed by atoms with van der Waals surface area (Å²) in [6.07, 6.45) is 0. The van der Waals surface area contributed by atoms with Gasteiger partial charge in [0.2, 0.25) is 0 Å². The van der Waals surface area contributed by atoms with Crippen LogP contribution in [0.4, 0.5) is 20.2 Å². The van der Waals surface area contributed by atoms with Crippen LogP contribution >= 0.6 is 12.4 Å². The van der Waals surface area contributed by atoms with Gasteiger partial charge in [0.05, 0.1) is 11.4 Å². The minimum absolute atomic E-state index is 0. The highest BCUT2D eigenvalue weighted by molar-refractivity contribution is 5.85. The first-order valence-corrected chi connectivity index (χ1v) is 23.8. The Balaban J connectivity index is 0.000000189. The Morgan fingerprint density at radius 1 is 0.465 bits per heavy atom. The summed E-state index contributed by atoms with van der Waals surface area (Å²) < 4.78 is 56.4. The molecule has 0 saturated carbocycles. The summed E-state index contributed by atoms with van der Waals surface area (Å²) in [7, 11) is 0. The van der Waals surface area contributed by atoms with Gasteiger partial charge in [0.25, 0.3) is 0 Å². The fourth-order valence-corrected chi connectivity index (χ4v) is 9.36. The van der Waals surface area contributed by atoms with Crippen molar-refractivity contribution in [3.63, 3.8) is 0 Å². The molecule has 71 heavy (non-hydrogen) atoms. The van der Waals surface area contributed by atoms with Gasteiger partial charge in [0.15, 0.2) is 23.0 Å². The summed E-state index contributed by atoms with van der Waals surface area (Å²) in [6.45, 7) is 11.9. The zero-order valence-electron chi connectivity index (χ0n) is 39.0. The van der Waals surface area contributed by atoms with Gasteiger partial charge in [-0.15, -0.1) is 12.4 Å². The molecule has 0 atom stereocenters. The van der Waals surface area contributed by atoms with Crippen molar-refractivity contribution in [2.75, 3.05) is 88.6 Å². The van der Waals surface area contributed by atoms with Crippen LogP contribution < -0.4 is 33.5 Å². The Bertz CT molecular complexity index is 2820. The SMILES string of the molecule is C.Cl.Fc1ccc(-c2cc(CN3CCN(c4cccc5c4OCCO5)CC3)ccc2OCc2ccccc2)cc1.Oc1ccc(CN2CCN(c3cccc4c3OCCO4)CC2)cc1-c1ccc(F)cc1. The number of fused-ring (bicyclic) bond motifs is 2. The van der Waals surface area contributed by atoms with Gasteiger partial charge in [-0.3, -0.25) is 9.80 Å². The van der Waals surface area contributed by atoms with Crippen LogP contribution in [0.3, 0.4) is 0 Å². The first kappa shape index (κ1) is 50.4. The fraction of sp³-hybridized carbons (Fsp3) is 0.276. The van der Waals surface area contributed by atoms with Crippen LogP contribution in [0.5, 0.6) is 34.5 Å². The highest BCUT2D eigenvalue weighted by atomic mass is 35.5. The zero-order chi connectivity index (χ0) is 46.9. The van der Waals surface area contributed by atoms with Crippen LogP contribution in [0, 0.1) is 11.6 Å². The Morgan fingerprint density at radius 2 is 0.930 bits per heavy atom. The average Bonchev–Trinajstić information content (AvgIpc) is 3.40. The molecule has 0 aliphatic carbocycles. The van der Waals surface area contributed by atoms with Crippen molar-refractivity contribution in [1.29, 1.82) is 0 Å². The van der Waals surface area contributed by atoms with E-state index in [4.69, 9.17) is 23.7 Å². The number of anilines is 2. The summed E-state index contributed by atoms with van der Waals surface area (Å²) in [6, 6.07) is 47.2. The lowest BCUT2D eigenvalue weighted by Crippen LogP contribution is -2.46. The average molecular weight is 984 g/mol. The van der Waals surface area contributed by atoms with E-state index in [9.17, 15) is 13.9 Å². The Morgan fingerprint density at radius 3 is 1.45 bits per heavy atom. The number of nitrogens with zero attached hydrogens (tertiary/aromatic N) is 4. The summed E-state index contributed by atoms with van der Waals surface area (Å²) in [5.74, 6) is 3.84. The van der Waals surface area contributed by atoms with E-state index >= 15 is 0 Å². The van der Waals surface area contributed by atoms with Gasteiger partial charge in [0, 0.05) is 76.6 Å². The maximum absolute atomic E-state index is 13.7. The van der Waals surface area contributed by atoms with Crippen LogP contribution in [0.15, 0.2) is 152 Å². The maximum atomic E-state index is 13.7. The number of hydrogen-bond donors (Lipinski definition) is 1. The number of phenols is 1. The van der Waals surface area contributed by atoms with E-state index in [2.05, 4.69) is 56.0 Å². The van der Waals surface area contributed by atoms with Gasteiger partial charge in [-0.2, -0.15) is 0 Å². The monoisotopic (exact) mass is 982 g/mol. The van der Waals surface area contributed by atoms with Crippen molar-refractivity contribution in [1.82, 2.24) is 9.80 Å². The summed E-state index contributed by atoms with van der Waals surface area (Å²) in [5.41, 5.74) is 9.10. The molecule has 2 saturated heterocycles. The minimum Gasteiger partial charge on any atom is -0.507 e. The molecule has 4 aliphatic rings. The molecule has 10 nitrogen and oxygen atoms in total. The van der Waals surface area contributed by atoms with Crippen molar-refractivity contribution in [3.8, 4) is 56.8 Å². The third kappa shape index (κ3) is 12.3. The molecular weight excluding hydrogens is 922 g/mol. The molecule has 2 fully saturated rings. The number of benzene rings is 7. The number of piperazine rings is 2. The second kappa shape index (κ2) is 23.7. The molecule has 0 spiro atoms. The van der Waals surface area contributed by atoms with E-state index in [1.54, 1.807) is 18.2 Å². The van der Waals surface area contributed by atoms with Gasteiger partial charge in [-0.05, 0) is 101 Å². The van der Waals surface area contributed by atoms with E-state index in [-0.39, 0.29) is 37.2 Å². The van der Waals surface area contributed by atoms with Gasteiger partial charge >= 0.3 is 0 Å². The summed E-state index contributed by atoms with van der Waals surface area (Å²) in [5, 5.41) is 10.3. The third-order valence-corrected chi connectivity index (χ3v) is 13.0. The molecule has 0 amide bonds. The number of rotatable bonds is 11. The van der Waals surface area contributed by atoms with Gasteiger partial charge < -0.3 is 38.6 Å². The number of ether oxygens (including phenoxy) is 5. The van der Waals surface area contributed by atoms with Crippen LogP contribution in [0.2, 0.25) is 0 Å². The molecule has 11 rings (SSSR count). The van der Waals surface area contributed by atoms with Crippen molar-refractivity contribution in [3.05, 3.63) is 180 Å². The van der Waals surface area contributed by atoms with Crippen LogP contribution in [-0.2, 0) is 19.7 Å². The fourth-order valence-electron chi connectivity index (χ4n) is 9.36. The van der Waals surface area contributed by atoms with E-state index in [0.717, 1.165) is 139 Å². The predicted molar refractivity (Wildman–Crippen MR) is 280 cm³/mol. The van der Waals surface area contributed by atoms with Crippen molar-refractivity contribution in [2.45, 2.75) is 27.1 Å². The second-order valence-electron chi connectivity index (χ2n) is 17.6. The van der Waals surface area contributed by atoms with E-state index in [0.29, 0.717) is 33.0 Å². The maximum Gasteiger partial charge on any atom is 0.184 e. The molecule has 1 N–H and O–H groups in total. The minimum atomic E-state index is -0.283. The van der Waals surface area contributed by atoms with Gasteiger partial charge in [-0.1, -0.05) is 86.3 Å². The summed E-state index contributed by atoms with van der Waals surface area (Å²) >= 11 is 0. The predicted octanol–water partition coefficient (Wildman–Crippen LogP) is 11.5. The van der Waals surface area contributed by atoms with Crippen molar-refractivity contribution in [2.24, 2.45) is 0 Å². The molecule has 13 heteroatoms. The zero-order valence-corrected chi connectivity index (χ0v) is 39.8. The lowest BCUT2D eigenvalue weighted by atomic mass is 10.0. The normalized spacial score (nSPS) is 15.4. The second-order valence-corrected chi connectivity index (χ2v) is 17.6. The molecule has 4 aliphatic heterocycles. The number of phenolic OH excluding ortho intramolecular Hbond substituents is 1. The molecule has 370 valence electrons. The highest BCUT2D eigenvalue weighted by Gasteiger charge is 2.26. The molecule has 4 heterocycles. The molecule has 0 bridgehead atoms. The van der Waals surface area contributed by atoms with Crippen molar-refractivity contribution < 1.29 is 37.6 Å². The van der Waals surface area contributed by atoms with Gasteiger partial charge in [0.1, 0.15) is 56.2 Å². The molecule has 7 aromatic carbocycles. The van der Waals surface area contributed by atoms with E-state index in [1.165, 1.54) is 29.8 Å². The first-order chi connectivity index (χ1) is 33.9. The Hall–Kier alpha value is -6.99. The van der Waals surface area contributed by atoms with Crippen molar-refractivity contribution >= 4 is 23.8 Å². The Kier molecular flexibility index (Phi) is 16.9. The molecular formula is C58H61ClF2N4O6. The lowest BCUT2D eigenvalue weighted by molar-refractivity contribution is 0.171. The number of halogens is 3. The van der Waals surface area contributed by atoms with Crippen LogP contribution in [0.1, 0.15) is 24.1 Å². The summed E-state index contributed by atoms with van der Waals surface area (Å²) in [4.78, 5) is 9.61. The largest absolute Gasteiger partial charge is 0.507 e. The Labute approximate surface area is 421 Å². The third-order valence-electron chi connectivity index (χ3n) is 13.0. The van der Waals surface area contributed by atoms with E-state index in [1.807, 2.05) is 72.8 Å². The standard InChI is InChI=1S/C32H31FN2O3.C25H25FN2O3.CH4.ClH/c33-27-12-10-26(11-13-27)28-21-25(9-14-30(28)38-23-24-5-2-1-3-6-24)22-34-15-17-35(18-16-34)29-7-4-8-31-32(29)37-20-19-36-31;26-20-7-5-19(6-8-20)21-16-18(4-9-23(21)29)17-27-10-12-28(13-11-27)22-2-1-3-24-25(22)31-15-14-30-24;;/h1-14,21H,15-20,22-23H2;1-9,16,29H,10-15,17H2;1H4;1H.